The number of carboxylic acid groups (broad SMARTS) is 1. The molecule has 1 heterocycles. The number of nitrogens with zero attached hydrogens (tertiary/aromatic N) is 1. The van der Waals surface area contributed by atoms with Crippen molar-refractivity contribution in [1.29, 1.82) is 0 Å². The molecule has 0 bridgehead atoms. The maximum Gasteiger partial charge on any atom is 0.326 e. The van der Waals surface area contributed by atoms with Crippen LogP contribution >= 0.6 is 11.3 Å². The van der Waals surface area contributed by atoms with Crippen LogP contribution in [-0.2, 0) is 11.3 Å². The average Bonchev–Trinajstić information content (AvgIpc) is 2.86. The summed E-state index contributed by atoms with van der Waals surface area (Å²) in [4.78, 5) is 24.6. The minimum atomic E-state index is -0.994. The van der Waals surface area contributed by atoms with Crippen molar-refractivity contribution in [2.45, 2.75) is 32.9 Å². The van der Waals surface area contributed by atoms with Gasteiger partial charge in [0.15, 0.2) is 0 Å². The first-order valence-corrected chi connectivity index (χ1v) is 7.15. The molecule has 0 aliphatic carbocycles. The zero-order valence-electron chi connectivity index (χ0n) is 11.4. The predicted octanol–water partition coefficient (Wildman–Crippen LogP) is 2.39. The molecule has 0 aliphatic rings. The molecule has 1 aromatic heterocycles. The second-order valence-electron chi connectivity index (χ2n) is 4.64. The largest absolute Gasteiger partial charge is 0.480 e. The molecule has 19 heavy (non-hydrogen) atoms. The summed E-state index contributed by atoms with van der Waals surface area (Å²) >= 11 is 1.57. The number of carboxylic acids is 1. The van der Waals surface area contributed by atoms with Gasteiger partial charge in [-0.25, -0.2) is 9.59 Å². The van der Waals surface area contributed by atoms with Crippen molar-refractivity contribution in [1.82, 2.24) is 10.2 Å². The van der Waals surface area contributed by atoms with E-state index in [4.69, 9.17) is 5.11 Å². The van der Waals surface area contributed by atoms with E-state index in [0.717, 1.165) is 5.56 Å². The number of hydrogen-bond acceptors (Lipinski definition) is 3. The van der Waals surface area contributed by atoms with Crippen molar-refractivity contribution < 1.29 is 14.7 Å². The number of amides is 2. The molecule has 1 aromatic rings. The van der Waals surface area contributed by atoms with Crippen molar-refractivity contribution in [3.63, 3.8) is 0 Å². The van der Waals surface area contributed by atoms with Gasteiger partial charge in [0.05, 0.1) is 0 Å². The number of hydrogen-bond donors (Lipinski definition) is 2. The van der Waals surface area contributed by atoms with Crippen molar-refractivity contribution in [3.8, 4) is 0 Å². The molecule has 0 fully saturated rings. The fraction of sp³-hybridized carbons (Fsp3) is 0.538. The summed E-state index contributed by atoms with van der Waals surface area (Å²) in [6.07, 6.45) is 0.700. The monoisotopic (exact) mass is 284 g/mol. The highest BCUT2D eigenvalue weighted by atomic mass is 32.1. The minimum absolute atomic E-state index is 0.101. The normalized spacial score (nSPS) is 13.6. The highest BCUT2D eigenvalue weighted by Gasteiger charge is 2.26. The molecule has 5 nitrogen and oxygen atoms in total. The predicted molar refractivity (Wildman–Crippen MR) is 75.2 cm³/mol. The third-order valence-corrected chi connectivity index (χ3v) is 3.84. The Morgan fingerprint density at radius 3 is 2.68 bits per heavy atom. The first-order chi connectivity index (χ1) is 8.95. The van der Waals surface area contributed by atoms with Gasteiger partial charge in [-0.2, -0.15) is 11.3 Å². The molecular weight excluding hydrogens is 264 g/mol. The van der Waals surface area contributed by atoms with E-state index in [1.165, 1.54) is 4.90 Å². The van der Waals surface area contributed by atoms with Crippen LogP contribution in [0.15, 0.2) is 16.8 Å². The van der Waals surface area contributed by atoms with Crippen LogP contribution in [0, 0.1) is 5.92 Å². The summed E-state index contributed by atoms with van der Waals surface area (Å²) in [7, 11) is 1.66. The number of rotatable bonds is 6. The third-order valence-electron chi connectivity index (χ3n) is 3.10. The zero-order chi connectivity index (χ0) is 14.4. The molecular formula is C13H20N2O3S. The first-order valence-electron chi connectivity index (χ1n) is 6.21. The van der Waals surface area contributed by atoms with E-state index in [1.54, 1.807) is 18.4 Å². The van der Waals surface area contributed by atoms with E-state index >= 15 is 0 Å². The van der Waals surface area contributed by atoms with E-state index in [1.807, 2.05) is 30.7 Å². The topological polar surface area (TPSA) is 69.6 Å². The lowest BCUT2D eigenvalue weighted by molar-refractivity contribution is -0.140. The van der Waals surface area contributed by atoms with Gasteiger partial charge in [0.25, 0.3) is 0 Å². The van der Waals surface area contributed by atoms with Gasteiger partial charge in [0.2, 0.25) is 0 Å². The van der Waals surface area contributed by atoms with Crippen molar-refractivity contribution in [2.24, 2.45) is 5.92 Å². The summed E-state index contributed by atoms with van der Waals surface area (Å²) in [6, 6.07) is 0.735. The van der Waals surface area contributed by atoms with Crippen molar-refractivity contribution in [3.05, 3.63) is 22.4 Å². The molecule has 1 rings (SSSR count). The highest BCUT2D eigenvalue weighted by Crippen LogP contribution is 2.11. The Hall–Kier alpha value is -1.56. The van der Waals surface area contributed by atoms with E-state index in [-0.39, 0.29) is 11.9 Å². The van der Waals surface area contributed by atoms with Gasteiger partial charge in [-0.05, 0) is 28.3 Å². The molecule has 2 unspecified atom stereocenters. The number of nitrogens with one attached hydrogen (secondary N) is 1. The fourth-order valence-electron chi connectivity index (χ4n) is 1.65. The summed E-state index contributed by atoms with van der Waals surface area (Å²) in [5, 5.41) is 15.6. The average molecular weight is 284 g/mol. The van der Waals surface area contributed by atoms with Crippen LogP contribution in [0.25, 0.3) is 0 Å². The summed E-state index contributed by atoms with van der Waals surface area (Å²) in [5.41, 5.74) is 1.04. The lowest BCUT2D eigenvalue weighted by Gasteiger charge is -2.24. The van der Waals surface area contributed by atoms with Gasteiger partial charge in [0.1, 0.15) is 6.04 Å². The van der Waals surface area contributed by atoms with Crippen LogP contribution < -0.4 is 5.32 Å². The summed E-state index contributed by atoms with van der Waals surface area (Å²) in [6.45, 7) is 4.20. The Labute approximate surface area is 117 Å². The molecule has 0 radical (unpaired) electrons. The van der Waals surface area contributed by atoms with Gasteiger partial charge in [-0.1, -0.05) is 20.3 Å². The molecule has 2 amide bonds. The molecule has 6 heteroatoms. The molecule has 0 saturated carbocycles. The van der Waals surface area contributed by atoms with Gasteiger partial charge in [0, 0.05) is 13.6 Å². The number of thiophene rings is 1. The lowest BCUT2D eigenvalue weighted by atomic mass is 9.99. The van der Waals surface area contributed by atoms with Crippen LogP contribution in [0.3, 0.4) is 0 Å². The first kappa shape index (κ1) is 15.5. The van der Waals surface area contributed by atoms with Crippen LogP contribution in [0.4, 0.5) is 4.79 Å². The van der Waals surface area contributed by atoms with Crippen LogP contribution in [0.2, 0.25) is 0 Å². The van der Waals surface area contributed by atoms with Crippen molar-refractivity contribution in [2.75, 3.05) is 7.05 Å². The van der Waals surface area contributed by atoms with Crippen LogP contribution in [-0.4, -0.2) is 35.1 Å². The molecule has 0 aromatic carbocycles. The number of carbonyl (C=O) groups excluding carboxylic acids is 1. The second-order valence-corrected chi connectivity index (χ2v) is 5.42. The Kier molecular flexibility index (Phi) is 5.82. The Balaban J connectivity index is 2.58. The Morgan fingerprint density at radius 2 is 2.21 bits per heavy atom. The Morgan fingerprint density at radius 1 is 1.53 bits per heavy atom. The van der Waals surface area contributed by atoms with E-state index in [2.05, 4.69) is 5.32 Å². The van der Waals surface area contributed by atoms with Crippen molar-refractivity contribution >= 4 is 23.3 Å². The summed E-state index contributed by atoms with van der Waals surface area (Å²) < 4.78 is 0. The third kappa shape index (κ3) is 4.55. The van der Waals surface area contributed by atoms with Gasteiger partial charge < -0.3 is 15.3 Å². The minimum Gasteiger partial charge on any atom is -0.480 e. The maximum absolute atomic E-state index is 12.0. The van der Waals surface area contributed by atoms with E-state index < -0.39 is 12.0 Å². The second kappa shape index (κ2) is 7.13. The smallest absolute Gasteiger partial charge is 0.326 e. The highest BCUT2D eigenvalue weighted by molar-refractivity contribution is 7.07. The molecule has 0 spiro atoms. The van der Waals surface area contributed by atoms with E-state index in [0.29, 0.717) is 13.0 Å². The summed E-state index contributed by atoms with van der Waals surface area (Å²) in [5.74, 6) is -1.09. The van der Waals surface area contributed by atoms with Gasteiger partial charge in [-0.3, -0.25) is 0 Å². The molecule has 106 valence electrons. The fourth-order valence-corrected chi connectivity index (χ4v) is 2.31. The standard InChI is InChI=1S/C13H20N2O3S/c1-4-9(2)11(12(16)17)14-13(18)15(3)7-10-5-6-19-8-10/h5-6,8-9,11H,4,7H2,1-3H3,(H,14,18)(H,16,17). The number of carbonyl (C=O) groups is 2. The molecule has 2 N–H and O–H groups in total. The van der Waals surface area contributed by atoms with Crippen LogP contribution in [0.1, 0.15) is 25.8 Å². The number of aliphatic carboxylic acids is 1. The number of urea groups is 1. The zero-order valence-corrected chi connectivity index (χ0v) is 12.2. The maximum atomic E-state index is 12.0. The molecule has 0 aliphatic heterocycles. The van der Waals surface area contributed by atoms with Gasteiger partial charge >= 0.3 is 12.0 Å². The quantitative estimate of drug-likeness (QED) is 0.842. The van der Waals surface area contributed by atoms with Gasteiger partial charge in [-0.15, -0.1) is 0 Å². The molecule has 0 saturated heterocycles. The van der Waals surface area contributed by atoms with E-state index in [9.17, 15) is 9.59 Å². The van der Waals surface area contributed by atoms with Crippen LogP contribution in [0.5, 0.6) is 0 Å². The Bertz CT molecular complexity index is 420. The SMILES string of the molecule is CCC(C)C(NC(=O)N(C)Cc1ccsc1)C(=O)O. The lowest BCUT2D eigenvalue weighted by Crippen LogP contribution is -2.49. The molecule has 2 atom stereocenters.